The maximum absolute atomic E-state index is 13.5. The molecule has 1 aliphatic rings. The summed E-state index contributed by atoms with van der Waals surface area (Å²) >= 11 is 0. The molecule has 7 nitrogen and oxygen atoms in total. The molecule has 0 saturated carbocycles. The van der Waals surface area contributed by atoms with Crippen LogP contribution >= 0.6 is 0 Å². The third-order valence-electron chi connectivity index (χ3n) is 3.55. The number of hydrogen-bond donors (Lipinski definition) is 1. The molecule has 3 heterocycles. The highest BCUT2D eigenvalue weighted by atomic mass is 19.3. The van der Waals surface area contributed by atoms with Crippen LogP contribution in [-0.4, -0.2) is 57.7 Å². The number of rotatable bonds is 3. The maximum Gasteiger partial charge on any atom is 0.317 e. The second-order valence-electron chi connectivity index (χ2n) is 5.48. The monoisotopic (exact) mass is 337 g/mol. The van der Waals surface area contributed by atoms with Crippen LogP contribution in [0.15, 0.2) is 37.1 Å². The largest absolute Gasteiger partial charge is 0.373 e. The third-order valence-corrected chi connectivity index (χ3v) is 3.55. The molecule has 1 aliphatic heterocycles. The van der Waals surface area contributed by atoms with Crippen molar-refractivity contribution in [1.29, 1.82) is 0 Å². The van der Waals surface area contributed by atoms with Crippen molar-refractivity contribution in [2.75, 3.05) is 26.3 Å². The van der Waals surface area contributed by atoms with Gasteiger partial charge in [-0.2, -0.15) is 0 Å². The first-order valence-corrected chi connectivity index (χ1v) is 7.45. The summed E-state index contributed by atoms with van der Waals surface area (Å²) in [6, 6.07) is 3.05. The number of halogens is 2. The minimum Gasteiger partial charge on any atom is -0.373 e. The second kappa shape index (κ2) is 6.91. The summed E-state index contributed by atoms with van der Waals surface area (Å²) in [6.45, 7) is -0.852. The molecule has 1 saturated heterocycles. The zero-order chi connectivity index (χ0) is 17.0. The summed E-state index contributed by atoms with van der Waals surface area (Å²) in [5.41, 5.74) is 0.769. The normalized spacial score (nSPS) is 17.3. The first-order chi connectivity index (χ1) is 11.5. The summed E-state index contributed by atoms with van der Waals surface area (Å²) in [5.74, 6) is -2.33. The molecule has 24 heavy (non-hydrogen) atoms. The Morgan fingerprint density at radius 2 is 2.29 bits per heavy atom. The number of pyridine rings is 1. The average Bonchev–Trinajstić information content (AvgIpc) is 3.04. The number of alkyl halides is 2. The number of imidazole rings is 1. The zero-order valence-electron chi connectivity index (χ0n) is 12.9. The fourth-order valence-corrected chi connectivity index (χ4v) is 2.33. The van der Waals surface area contributed by atoms with Crippen molar-refractivity contribution in [3.8, 4) is 5.82 Å². The molecule has 0 aliphatic carbocycles. The summed E-state index contributed by atoms with van der Waals surface area (Å²) in [5, 5.41) is 2.63. The lowest BCUT2D eigenvalue weighted by Gasteiger charge is -2.23. The number of amides is 2. The zero-order valence-corrected chi connectivity index (χ0v) is 12.9. The number of hydrogen-bond acceptors (Lipinski definition) is 4. The van der Waals surface area contributed by atoms with Crippen LogP contribution in [0.5, 0.6) is 0 Å². The minimum atomic E-state index is -3.03. The van der Waals surface area contributed by atoms with E-state index in [2.05, 4.69) is 15.3 Å². The standard InChI is InChI=1S/C15H17F2N5O2/c16-15(17)9-21(5-6-24-10-15)14(23)20-8-12-1-2-13(19-7-12)22-4-3-18-11-22/h1-4,7,11H,5-6,8-10H2,(H,20,23). The topological polar surface area (TPSA) is 72.3 Å². The number of urea groups is 1. The summed E-state index contributed by atoms with van der Waals surface area (Å²) in [4.78, 5) is 21.3. The Hall–Kier alpha value is -2.55. The van der Waals surface area contributed by atoms with E-state index in [1.165, 1.54) is 0 Å². The molecule has 9 heteroatoms. The Morgan fingerprint density at radius 1 is 1.42 bits per heavy atom. The van der Waals surface area contributed by atoms with E-state index >= 15 is 0 Å². The minimum absolute atomic E-state index is 0.101. The van der Waals surface area contributed by atoms with E-state index < -0.39 is 25.1 Å². The van der Waals surface area contributed by atoms with Gasteiger partial charge >= 0.3 is 6.03 Å². The van der Waals surface area contributed by atoms with Crippen molar-refractivity contribution in [2.45, 2.75) is 12.5 Å². The lowest BCUT2D eigenvalue weighted by atomic mass is 10.3. The van der Waals surface area contributed by atoms with E-state index in [4.69, 9.17) is 4.74 Å². The van der Waals surface area contributed by atoms with Crippen LogP contribution in [0.1, 0.15) is 5.56 Å². The molecular formula is C15H17F2N5O2. The van der Waals surface area contributed by atoms with Crippen molar-refractivity contribution < 1.29 is 18.3 Å². The Balaban J connectivity index is 1.56. The van der Waals surface area contributed by atoms with Gasteiger partial charge in [-0.1, -0.05) is 6.07 Å². The Labute approximate surface area is 137 Å². The molecule has 0 atom stereocenters. The van der Waals surface area contributed by atoms with E-state index in [-0.39, 0.29) is 19.7 Å². The third kappa shape index (κ3) is 4.05. The Morgan fingerprint density at radius 3 is 3.00 bits per heavy atom. The van der Waals surface area contributed by atoms with Gasteiger partial charge in [-0.3, -0.25) is 4.57 Å². The van der Waals surface area contributed by atoms with E-state index in [1.54, 1.807) is 35.6 Å². The molecule has 3 rings (SSSR count). The predicted molar refractivity (Wildman–Crippen MR) is 80.9 cm³/mol. The molecule has 0 radical (unpaired) electrons. The van der Waals surface area contributed by atoms with Crippen molar-refractivity contribution in [3.05, 3.63) is 42.6 Å². The van der Waals surface area contributed by atoms with Gasteiger partial charge in [0, 0.05) is 31.7 Å². The lowest BCUT2D eigenvalue weighted by molar-refractivity contribution is -0.0652. The molecule has 1 N–H and O–H groups in total. The molecular weight excluding hydrogens is 320 g/mol. The molecule has 1 fully saturated rings. The van der Waals surface area contributed by atoms with Crippen LogP contribution in [0, 0.1) is 0 Å². The van der Waals surface area contributed by atoms with Gasteiger partial charge in [0.25, 0.3) is 5.92 Å². The summed E-state index contributed by atoms with van der Waals surface area (Å²) < 4.78 is 33.5. The summed E-state index contributed by atoms with van der Waals surface area (Å²) in [6.07, 6.45) is 6.67. The van der Waals surface area contributed by atoms with Crippen molar-refractivity contribution >= 4 is 6.03 Å². The van der Waals surface area contributed by atoms with E-state index in [0.29, 0.717) is 5.82 Å². The van der Waals surface area contributed by atoms with Gasteiger partial charge < -0.3 is 15.0 Å². The van der Waals surface area contributed by atoms with Gasteiger partial charge in [0.1, 0.15) is 18.8 Å². The number of carbonyl (C=O) groups is 1. The van der Waals surface area contributed by atoms with Crippen molar-refractivity contribution in [3.63, 3.8) is 0 Å². The van der Waals surface area contributed by atoms with Gasteiger partial charge in [0.2, 0.25) is 0 Å². The molecule has 2 amide bonds. The predicted octanol–water partition coefficient (Wildman–Crippen LogP) is 1.44. The molecule has 0 aromatic carbocycles. The fraction of sp³-hybridized carbons (Fsp3) is 0.400. The highest BCUT2D eigenvalue weighted by molar-refractivity contribution is 5.74. The average molecular weight is 337 g/mol. The van der Waals surface area contributed by atoms with Crippen LogP contribution < -0.4 is 5.32 Å². The number of nitrogens with one attached hydrogen (secondary N) is 1. The van der Waals surface area contributed by atoms with Crippen LogP contribution in [0.4, 0.5) is 13.6 Å². The number of ether oxygens (including phenoxy) is 1. The first-order valence-electron chi connectivity index (χ1n) is 7.45. The van der Waals surface area contributed by atoms with Crippen molar-refractivity contribution in [1.82, 2.24) is 24.8 Å². The van der Waals surface area contributed by atoms with Crippen LogP contribution in [-0.2, 0) is 11.3 Å². The molecule has 128 valence electrons. The van der Waals surface area contributed by atoms with Crippen LogP contribution in [0.25, 0.3) is 5.82 Å². The number of aromatic nitrogens is 3. The van der Waals surface area contributed by atoms with Gasteiger partial charge in [-0.15, -0.1) is 0 Å². The smallest absolute Gasteiger partial charge is 0.317 e. The Kier molecular flexibility index (Phi) is 4.70. The molecule has 2 aromatic rings. The number of nitrogens with zero attached hydrogens (tertiary/aromatic N) is 4. The number of carbonyl (C=O) groups excluding carboxylic acids is 1. The maximum atomic E-state index is 13.5. The SMILES string of the molecule is O=C(NCc1ccc(-n2ccnc2)nc1)N1CCOCC(F)(F)C1. The fourth-order valence-electron chi connectivity index (χ4n) is 2.33. The van der Waals surface area contributed by atoms with Gasteiger partial charge in [-0.25, -0.2) is 23.5 Å². The summed E-state index contributed by atoms with van der Waals surface area (Å²) in [7, 11) is 0. The lowest BCUT2D eigenvalue weighted by Crippen LogP contribution is -2.45. The molecule has 0 unspecified atom stereocenters. The molecule has 0 bridgehead atoms. The van der Waals surface area contributed by atoms with Crippen molar-refractivity contribution in [2.24, 2.45) is 0 Å². The highest BCUT2D eigenvalue weighted by Crippen LogP contribution is 2.18. The van der Waals surface area contributed by atoms with Gasteiger partial charge in [0.05, 0.1) is 13.2 Å². The van der Waals surface area contributed by atoms with E-state index in [0.717, 1.165) is 10.5 Å². The molecule has 2 aromatic heterocycles. The molecule has 0 spiro atoms. The highest BCUT2D eigenvalue weighted by Gasteiger charge is 2.36. The quantitative estimate of drug-likeness (QED) is 0.920. The Bertz CT molecular complexity index is 676. The van der Waals surface area contributed by atoms with Gasteiger partial charge in [0.15, 0.2) is 0 Å². The van der Waals surface area contributed by atoms with Crippen LogP contribution in [0.3, 0.4) is 0 Å². The van der Waals surface area contributed by atoms with Gasteiger partial charge in [-0.05, 0) is 11.6 Å². The van der Waals surface area contributed by atoms with Crippen LogP contribution in [0.2, 0.25) is 0 Å². The second-order valence-corrected chi connectivity index (χ2v) is 5.48. The van der Waals surface area contributed by atoms with E-state index in [1.807, 2.05) is 6.07 Å². The van der Waals surface area contributed by atoms with E-state index in [9.17, 15) is 13.6 Å². The first kappa shape index (κ1) is 16.3.